The molecule has 2 fully saturated rings. The zero-order valence-corrected chi connectivity index (χ0v) is 20.5. The molecule has 1 unspecified atom stereocenters. The van der Waals surface area contributed by atoms with Crippen molar-refractivity contribution in [1.82, 2.24) is 9.21 Å². The highest BCUT2D eigenvalue weighted by molar-refractivity contribution is 7.89. The molecule has 0 aromatic heterocycles. The van der Waals surface area contributed by atoms with Crippen LogP contribution < -0.4 is 0 Å². The van der Waals surface area contributed by atoms with Crippen LogP contribution >= 0.6 is 0 Å². The highest BCUT2D eigenvalue weighted by atomic mass is 32.2. The minimum absolute atomic E-state index is 0.112. The van der Waals surface area contributed by atoms with Crippen LogP contribution in [-0.2, 0) is 20.9 Å². The summed E-state index contributed by atoms with van der Waals surface area (Å²) < 4.78 is 71.5. The number of rotatable bonds is 9. The molecule has 9 heteroatoms. The molecule has 0 amide bonds. The van der Waals surface area contributed by atoms with Gasteiger partial charge in [-0.25, -0.2) is 8.42 Å². The number of likely N-dealkylation sites (tertiary alicyclic amines) is 1. The molecule has 1 aliphatic heterocycles. The fourth-order valence-corrected chi connectivity index (χ4v) is 6.34. The second-order valence-corrected chi connectivity index (χ2v) is 11.4. The van der Waals surface area contributed by atoms with Gasteiger partial charge in [0.05, 0.1) is 16.6 Å². The summed E-state index contributed by atoms with van der Waals surface area (Å²) in [5.41, 5.74) is -0.855. The Labute approximate surface area is 196 Å². The molecule has 3 rings (SSSR count). The summed E-state index contributed by atoms with van der Waals surface area (Å²) in [4.78, 5) is 2.46. The van der Waals surface area contributed by atoms with Crippen LogP contribution in [0.2, 0.25) is 0 Å². The third kappa shape index (κ3) is 7.16. The predicted molar refractivity (Wildman–Crippen MR) is 123 cm³/mol. The van der Waals surface area contributed by atoms with Gasteiger partial charge < -0.3 is 9.64 Å². The molecule has 1 saturated heterocycles. The summed E-state index contributed by atoms with van der Waals surface area (Å²) in [6.45, 7) is 5.43. The molecule has 5 nitrogen and oxygen atoms in total. The second-order valence-electron chi connectivity index (χ2n) is 9.43. The van der Waals surface area contributed by atoms with E-state index in [1.165, 1.54) is 43.7 Å². The lowest BCUT2D eigenvalue weighted by Crippen LogP contribution is -2.40. The van der Waals surface area contributed by atoms with E-state index in [-0.39, 0.29) is 17.0 Å². The molecule has 33 heavy (non-hydrogen) atoms. The maximum Gasteiger partial charge on any atom is 0.416 e. The van der Waals surface area contributed by atoms with Gasteiger partial charge in [0.25, 0.3) is 0 Å². The maximum atomic E-state index is 12.9. The number of nitrogens with zero attached hydrogens (tertiary/aromatic N) is 2. The highest BCUT2D eigenvalue weighted by Gasteiger charge is 2.34. The third-order valence-corrected chi connectivity index (χ3v) is 9.07. The third-order valence-electron chi connectivity index (χ3n) is 7.15. The van der Waals surface area contributed by atoms with Crippen molar-refractivity contribution in [2.75, 3.05) is 26.7 Å². The molecule has 1 saturated carbocycles. The van der Waals surface area contributed by atoms with Crippen LogP contribution in [0.25, 0.3) is 0 Å². The van der Waals surface area contributed by atoms with Gasteiger partial charge in [-0.15, -0.1) is 0 Å². The van der Waals surface area contributed by atoms with Crippen LogP contribution in [0.15, 0.2) is 29.2 Å². The predicted octanol–water partition coefficient (Wildman–Crippen LogP) is 5.31. The maximum absolute atomic E-state index is 12.9. The smallest absolute Gasteiger partial charge is 0.378 e. The molecule has 1 aromatic carbocycles. The van der Waals surface area contributed by atoms with Gasteiger partial charge in [-0.2, -0.15) is 17.5 Å². The van der Waals surface area contributed by atoms with Crippen LogP contribution in [0.4, 0.5) is 13.2 Å². The first-order valence-electron chi connectivity index (χ1n) is 12.1. The van der Waals surface area contributed by atoms with Crippen molar-refractivity contribution in [2.45, 2.75) is 94.0 Å². The Balaban J connectivity index is 1.41. The number of hydrogen-bond acceptors (Lipinski definition) is 4. The first-order chi connectivity index (χ1) is 15.6. The van der Waals surface area contributed by atoms with E-state index in [9.17, 15) is 21.6 Å². The lowest BCUT2D eigenvalue weighted by molar-refractivity contribution is -0.137. The van der Waals surface area contributed by atoms with E-state index >= 15 is 0 Å². The second kappa shape index (κ2) is 11.5. The van der Waals surface area contributed by atoms with E-state index < -0.39 is 21.8 Å². The van der Waals surface area contributed by atoms with Gasteiger partial charge in [0, 0.05) is 25.7 Å². The van der Waals surface area contributed by atoms with E-state index in [2.05, 4.69) is 11.8 Å². The number of hydrogen-bond donors (Lipinski definition) is 0. The van der Waals surface area contributed by atoms with Gasteiger partial charge in [0.15, 0.2) is 0 Å². The van der Waals surface area contributed by atoms with Crippen molar-refractivity contribution in [3.05, 3.63) is 29.8 Å². The lowest BCUT2D eigenvalue weighted by Gasteiger charge is -2.34. The molecule has 0 N–H and O–H groups in total. The van der Waals surface area contributed by atoms with Gasteiger partial charge in [0.1, 0.15) is 0 Å². The summed E-state index contributed by atoms with van der Waals surface area (Å²) in [7, 11) is -2.32. The Morgan fingerprint density at radius 1 is 1.06 bits per heavy atom. The first-order valence-corrected chi connectivity index (χ1v) is 13.5. The number of piperidine rings is 1. The summed E-state index contributed by atoms with van der Waals surface area (Å²) >= 11 is 0. The minimum atomic E-state index is -4.49. The van der Waals surface area contributed by atoms with Gasteiger partial charge in [0.2, 0.25) is 10.0 Å². The van der Waals surface area contributed by atoms with Crippen molar-refractivity contribution >= 4 is 10.0 Å². The lowest BCUT2D eigenvalue weighted by atomic mass is 9.93. The summed E-state index contributed by atoms with van der Waals surface area (Å²) in [5.74, 6) is 0. The van der Waals surface area contributed by atoms with Gasteiger partial charge >= 0.3 is 6.18 Å². The van der Waals surface area contributed by atoms with Crippen LogP contribution in [0.1, 0.15) is 70.3 Å². The SMILES string of the molecule is CC(CCCOC1CCC(N(C)S(=O)(=O)c2ccc(C(F)(F)F)cc2)CC1)N1CCCCC1. The van der Waals surface area contributed by atoms with Crippen LogP contribution in [-0.4, -0.2) is 62.6 Å². The fourth-order valence-electron chi connectivity index (χ4n) is 4.92. The molecule has 2 aliphatic rings. The summed E-state index contributed by atoms with van der Waals surface area (Å²) in [6, 6.07) is 4.13. The average Bonchev–Trinajstić information content (AvgIpc) is 2.81. The topological polar surface area (TPSA) is 49.9 Å². The quantitative estimate of drug-likeness (QED) is 0.441. The molecule has 0 radical (unpaired) electrons. The van der Waals surface area contributed by atoms with Crippen LogP contribution in [0.3, 0.4) is 0 Å². The highest BCUT2D eigenvalue weighted by Crippen LogP contribution is 2.32. The molecule has 188 valence electrons. The van der Waals surface area contributed by atoms with Gasteiger partial charge in [-0.3, -0.25) is 0 Å². The van der Waals surface area contributed by atoms with Crippen molar-refractivity contribution < 1.29 is 26.3 Å². The monoisotopic (exact) mass is 490 g/mol. The molecule has 1 atom stereocenters. The Morgan fingerprint density at radius 3 is 2.24 bits per heavy atom. The standard InChI is InChI=1S/C24H37F3N2O3S/c1-19(29-16-4-3-5-17-29)7-6-18-32-22-12-10-21(11-13-22)28(2)33(30,31)23-14-8-20(9-15-23)24(25,26)27/h8-9,14-15,19,21-22H,3-7,10-13,16-18H2,1-2H3. The molecule has 1 aromatic rings. The van der Waals surface area contributed by atoms with E-state index in [1.807, 2.05) is 0 Å². The van der Waals surface area contributed by atoms with E-state index in [0.717, 1.165) is 56.6 Å². The molecule has 1 heterocycles. The molecule has 0 spiro atoms. The fraction of sp³-hybridized carbons (Fsp3) is 0.750. The van der Waals surface area contributed by atoms with Gasteiger partial charge in [-0.05, 0) is 95.6 Å². The van der Waals surface area contributed by atoms with Crippen molar-refractivity contribution in [3.63, 3.8) is 0 Å². The van der Waals surface area contributed by atoms with Crippen LogP contribution in [0.5, 0.6) is 0 Å². The summed E-state index contributed by atoms with van der Waals surface area (Å²) in [6.07, 6.45) is 4.71. The van der Waals surface area contributed by atoms with E-state index in [1.54, 1.807) is 0 Å². The molecule has 0 bridgehead atoms. The average molecular weight is 491 g/mol. The zero-order valence-electron chi connectivity index (χ0n) is 19.7. The first kappa shape index (κ1) is 26.4. The normalized spacial score (nSPS) is 24.2. The van der Waals surface area contributed by atoms with Crippen LogP contribution in [0, 0.1) is 0 Å². The number of sulfonamides is 1. The molecular weight excluding hydrogens is 453 g/mol. The molecular formula is C24H37F3N2O3S. The number of halogens is 3. The summed E-state index contributed by atoms with van der Waals surface area (Å²) in [5, 5.41) is 0. The Morgan fingerprint density at radius 2 is 1.67 bits per heavy atom. The van der Waals surface area contributed by atoms with E-state index in [0.29, 0.717) is 18.9 Å². The largest absolute Gasteiger partial charge is 0.416 e. The molecule has 1 aliphatic carbocycles. The van der Waals surface area contributed by atoms with Crippen molar-refractivity contribution in [1.29, 1.82) is 0 Å². The number of alkyl halides is 3. The number of ether oxygens (including phenoxy) is 1. The Bertz CT molecular complexity index is 832. The van der Waals surface area contributed by atoms with Crippen molar-refractivity contribution in [3.8, 4) is 0 Å². The van der Waals surface area contributed by atoms with Gasteiger partial charge in [-0.1, -0.05) is 6.42 Å². The minimum Gasteiger partial charge on any atom is -0.378 e. The van der Waals surface area contributed by atoms with Crippen molar-refractivity contribution in [2.24, 2.45) is 0 Å². The zero-order chi connectivity index (χ0) is 24.1. The number of benzene rings is 1. The van der Waals surface area contributed by atoms with E-state index in [4.69, 9.17) is 4.74 Å². The Kier molecular flexibility index (Phi) is 9.23. The Hall–Kier alpha value is -1.16.